The van der Waals surface area contributed by atoms with E-state index in [-0.39, 0.29) is 17.9 Å². The zero-order valence-electron chi connectivity index (χ0n) is 19.9. The number of nitrogens with zero attached hydrogens (tertiary/aromatic N) is 4. The lowest BCUT2D eigenvalue weighted by Gasteiger charge is -2.23. The Labute approximate surface area is 195 Å². The Kier molecular flexibility index (Phi) is 7.82. The van der Waals surface area contributed by atoms with Crippen LogP contribution in [0.2, 0.25) is 0 Å². The number of nitrogens with one attached hydrogen (secondary N) is 1. The van der Waals surface area contributed by atoms with Crippen LogP contribution in [0.4, 0.5) is 0 Å². The highest BCUT2D eigenvalue weighted by molar-refractivity contribution is 5.79. The van der Waals surface area contributed by atoms with Gasteiger partial charge in [-0.3, -0.25) is 9.69 Å². The van der Waals surface area contributed by atoms with E-state index in [0.29, 0.717) is 19.8 Å². The predicted molar refractivity (Wildman–Crippen MR) is 123 cm³/mol. The zero-order chi connectivity index (χ0) is 23.2. The zero-order valence-corrected chi connectivity index (χ0v) is 19.9. The molecule has 0 spiro atoms. The van der Waals surface area contributed by atoms with Gasteiger partial charge in [0.1, 0.15) is 5.82 Å². The third kappa shape index (κ3) is 5.65. The van der Waals surface area contributed by atoms with Gasteiger partial charge in [-0.15, -0.1) is 10.2 Å². The maximum Gasteiger partial charge on any atom is 0.223 e. The van der Waals surface area contributed by atoms with E-state index in [9.17, 15) is 4.79 Å². The summed E-state index contributed by atoms with van der Waals surface area (Å²) in [5.41, 5.74) is 1.19. The number of aromatic nitrogens is 3. The SMILES string of the molecule is CCOc1cc(CN2CCc3nnc(C(C)NC(=O)C4CCOCC4)n3CC2)ccc1OC. The average Bonchev–Trinajstić information content (AvgIpc) is 3.14. The highest BCUT2D eigenvalue weighted by atomic mass is 16.5. The first kappa shape index (κ1) is 23.5. The van der Waals surface area contributed by atoms with Crippen LogP contribution in [0.25, 0.3) is 0 Å². The lowest BCUT2D eigenvalue weighted by molar-refractivity contribution is -0.128. The van der Waals surface area contributed by atoms with Crippen LogP contribution in [-0.4, -0.2) is 65.6 Å². The standard InChI is InChI=1S/C24H35N5O4/c1-4-33-21-15-18(5-6-20(21)31-3)16-28-10-7-22-26-27-23(29(22)12-11-28)17(2)25-24(30)19-8-13-32-14-9-19/h5-6,15,17,19H,4,7-14,16H2,1-3H3,(H,25,30). The fraction of sp³-hybridized carbons (Fsp3) is 0.625. The molecule has 33 heavy (non-hydrogen) atoms. The summed E-state index contributed by atoms with van der Waals surface area (Å²) in [5, 5.41) is 12.0. The first-order valence-electron chi connectivity index (χ1n) is 11.9. The molecule has 0 saturated carbocycles. The van der Waals surface area contributed by atoms with Crippen molar-refractivity contribution in [1.29, 1.82) is 0 Å². The van der Waals surface area contributed by atoms with Crippen LogP contribution in [0.3, 0.4) is 0 Å². The highest BCUT2D eigenvalue weighted by Gasteiger charge is 2.26. The van der Waals surface area contributed by atoms with Gasteiger partial charge in [0.25, 0.3) is 0 Å². The molecule has 2 aliphatic heterocycles. The van der Waals surface area contributed by atoms with Crippen LogP contribution in [0.1, 0.15) is 49.9 Å². The molecule has 1 N–H and O–H groups in total. The molecule has 3 heterocycles. The van der Waals surface area contributed by atoms with Crippen molar-refractivity contribution in [1.82, 2.24) is 25.0 Å². The van der Waals surface area contributed by atoms with Crippen LogP contribution in [-0.2, 0) is 29.0 Å². The molecule has 1 aromatic heterocycles. The van der Waals surface area contributed by atoms with Crippen molar-refractivity contribution >= 4 is 5.91 Å². The van der Waals surface area contributed by atoms with Gasteiger partial charge in [-0.2, -0.15) is 0 Å². The predicted octanol–water partition coefficient (Wildman–Crippen LogP) is 2.35. The minimum atomic E-state index is -0.177. The van der Waals surface area contributed by atoms with Crippen LogP contribution < -0.4 is 14.8 Å². The molecular weight excluding hydrogens is 422 g/mol. The maximum atomic E-state index is 12.7. The van der Waals surface area contributed by atoms with E-state index in [1.807, 2.05) is 19.9 Å². The molecule has 1 atom stereocenters. The molecule has 1 fully saturated rings. The molecule has 2 aliphatic rings. The van der Waals surface area contributed by atoms with E-state index in [4.69, 9.17) is 14.2 Å². The molecule has 2 aromatic rings. The van der Waals surface area contributed by atoms with E-state index in [1.54, 1.807) is 7.11 Å². The molecule has 0 aliphatic carbocycles. The van der Waals surface area contributed by atoms with Crippen LogP contribution in [0, 0.1) is 5.92 Å². The van der Waals surface area contributed by atoms with Crippen molar-refractivity contribution in [3.63, 3.8) is 0 Å². The van der Waals surface area contributed by atoms with E-state index in [1.165, 1.54) is 5.56 Å². The molecule has 4 rings (SSSR count). The second kappa shape index (κ2) is 11.0. The van der Waals surface area contributed by atoms with Crippen molar-refractivity contribution in [2.45, 2.75) is 52.2 Å². The molecule has 1 aromatic carbocycles. The highest BCUT2D eigenvalue weighted by Crippen LogP contribution is 2.29. The molecule has 0 bridgehead atoms. The number of ether oxygens (including phenoxy) is 3. The fourth-order valence-electron chi connectivity index (χ4n) is 4.57. The number of amides is 1. The van der Waals surface area contributed by atoms with Gasteiger partial charge in [0.05, 0.1) is 19.8 Å². The van der Waals surface area contributed by atoms with Gasteiger partial charge in [0.2, 0.25) is 5.91 Å². The third-order valence-corrected chi connectivity index (χ3v) is 6.42. The summed E-state index contributed by atoms with van der Waals surface area (Å²) in [6.45, 7) is 9.28. The van der Waals surface area contributed by atoms with Gasteiger partial charge >= 0.3 is 0 Å². The number of benzene rings is 1. The van der Waals surface area contributed by atoms with Crippen molar-refractivity contribution in [3.05, 3.63) is 35.4 Å². The molecule has 180 valence electrons. The summed E-state index contributed by atoms with van der Waals surface area (Å²) in [6, 6.07) is 5.94. The molecule has 9 nitrogen and oxygen atoms in total. The average molecular weight is 458 g/mol. The van der Waals surface area contributed by atoms with Crippen LogP contribution in [0.15, 0.2) is 18.2 Å². The topological polar surface area (TPSA) is 90.7 Å². The Morgan fingerprint density at radius 3 is 2.79 bits per heavy atom. The Balaban J connectivity index is 1.38. The van der Waals surface area contributed by atoms with E-state index in [0.717, 1.165) is 68.6 Å². The normalized spacial score (nSPS) is 18.3. The number of carbonyl (C=O) groups excluding carboxylic acids is 1. The number of rotatable bonds is 8. The van der Waals surface area contributed by atoms with Crippen molar-refractivity contribution in [2.24, 2.45) is 5.92 Å². The summed E-state index contributed by atoms with van der Waals surface area (Å²) in [7, 11) is 1.66. The Hall–Kier alpha value is -2.65. The van der Waals surface area contributed by atoms with E-state index in [2.05, 4.69) is 37.1 Å². The Morgan fingerprint density at radius 1 is 1.21 bits per heavy atom. The largest absolute Gasteiger partial charge is 0.493 e. The lowest BCUT2D eigenvalue weighted by atomic mass is 9.99. The van der Waals surface area contributed by atoms with Gasteiger partial charge in [0.15, 0.2) is 17.3 Å². The van der Waals surface area contributed by atoms with Gasteiger partial charge in [-0.25, -0.2) is 0 Å². The molecule has 0 radical (unpaired) electrons. The summed E-state index contributed by atoms with van der Waals surface area (Å²) in [5.74, 6) is 3.45. The number of fused-ring (bicyclic) bond motifs is 1. The van der Waals surface area contributed by atoms with Gasteiger partial charge in [-0.1, -0.05) is 6.07 Å². The fourth-order valence-corrected chi connectivity index (χ4v) is 4.57. The number of methoxy groups -OCH3 is 1. The second-order valence-corrected chi connectivity index (χ2v) is 8.69. The molecule has 9 heteroatoms. The minimum Gasteiger partial charge on any atom is -0.493 e. The molecule has 1 saturated heterocycles. The smallest absolute Gasteiger partial charge is 0.223 e. The summed E-state index contributed by atoms with van der Waals surface area (Å²) < 4.78 is 18.7. The molecular formula is C24H35N5O4. The molecule has 1 unspecified atom stereocenters. The Morgan fingerprint density at radius 2 is 2.03 bits per heavy atom. The number of hydrogen-bond donors (Lipinski definition) is 1. The van der Waals surface area contributed by atoms with Crippen molar-refractivity contribution in [2.75, 3.05) is 40.0 Å². The third-order valence-electron chi connectivity index (χ3n) is 6.42. The summed E-state index contributed by atoms with van der Waals surface area (Å²) >= 11 is 0. The quantitative estimate of drug-likeness (QED) is 0.651. The number of carbonyl (C=O) groups is 1. The Bertz CT molecular complexity index is 941. The van der Waals surface area contributed by atoms with Crippen molar-refractivity contribution < 1.29 is 19.0 Å². The molecule has 1 amide bonds. The van der Waals surface area contributed by atoms with Gasteiger partial charge in [-0.05, 0) is 44.4 Å². The van der Waals surface area contributed by atoms with Crippen LogP contribution >= 0.6 is 0 Å². The monoisotopic (exact) mass is 457 g/mol. The van der Waals surface area contributed by atoms with Gasteiger partial charge < -0.3 is 24.1 Å². The lowest BCUT2D eigenvalue weighted by Crippen LogP contribution is -2.36. The van der Waals surface area contributed by atoms with Gasteiger partial charge in [0, 0.05) is 51.7 Å². The van der Waals surface area contributed by atoms with Crippen molar-refractivity contribution in [3.8, 4) is 11.5 Å². The maximum absolute atomic E-state index is 12.7. The summed E-state index contributed by atoms with van der Waals surface area (Å²) in [6.07, 6.45) is 2.38. The first-order chi connectivity index (χ1) is 16.1. The minimum absolute atomic E-state index is 0.0225. The number of hydrogen-bond acceptors (Lipinski definition) is 7. The second-order valence-electron chi connectivity index (χ2n) is 8.69. The van der Waals surface area contributed by atoms with E-state index < -0.39 is 0 Å². The first-order valence-corrected chi connectivity index (χ1v) is 11.9. The van der Waals surface area contributed by atoms with E-state index >= 15 is 0 Å². The van der Waals surface area contributed by atoms with Crippen LogP contribution in [0.5, 0.6) is 11.5 Å². The summed E-state index contributed by atoms with van der Waals surface area (Å²) in [4.78, 5) is 15.1.